The zero-order valence-electron chi connectivity index (χ0n) is 10.9. The van der Waals surface area contributed by atoms with Gasteiger partial charge in [0.05, 0.1) is 18.5 Å². The first-order chi connectivity index (χ1) is 8.93. The topological polar surface area (TPSA) is 102 Å². The van der Waals surface area contributed by atoms with Crippen molar-refractivity contribution in [1.82, 2.24) is 4.72 Å². The first kappa shape index (κ1) is 15.9. The van der Waals surface area contributed by atoms with Crippen molar-refractivity contribution < 1.29 is 18.3 Å². The van der Waals surface area contributed by atoms with Crippen molar-refractivity contribution in [2.75, 3.05) is 26.0 Å². The number of hydrogen-bond acceptors (Lipinski definition) is 5. The van der Waals surface area contributed by atoms with Gasteiger partial charge in [-0.05, 0) is 24.1 Å². The molecule has 1 aromatic carbocycles. The molecule has 1 unspecified atom stereocenters. The molecular weight excluding hydrogens is 268 g/mol. The van der Waals surface area contributed by atoms with Crippen LogP contribution in [0, 0.1) is 0 Å². The lowest BCUT2D eigenvalue weighted by Gasteiger charge is -2.10. The largest absolute Gasteiger partial charge is 0.399 e. The van der Waals surface area contributed by atoms with Crippen LogP contribution < -0.4 is 10.5 Å². The van der Waals surface area contributed by atoms with Crippen molar-refractivity contribution in [3.8, 4) is 0 Å². The fraction of sp³-hybridized carbons (Fsp3) is 0.500. The number of nitrogen functional groups attached to an aromatic ring is 1. The summed E-state index contributed by atoms with van der Waals surface area (Å²) in [5.41, 5.74) is 6.79. The first-order valence-electron chi connectivity index (χ1n) is 5.91. The van der Waals surface area contributed by atoms with Gasteiger partial charge in [-0.3, -0.25) is 0 Å². The Morgan fingerprint density at radius 3 is 2.58 bits per heavy atom. The van der Waals surface area contributed by atoms with Gasteiger partial charge in [0, 0.05) is 19.3 Å². The Labute approximate surface area is 113 Å². The van der Waals surface area contributed by atoms with Gasteiger partial charge in [-0.1, -0.05) is 12.1 Å². The van der Waals surface area contributed by atoms with Crippen LogP contribution in [0.2, 0.25) is 0 Å². The molecule has 6 nitrogen and oxygen atoms in total. The maximum Gasteiger partial charge on any atom is 0.215 e. The molecule has 1 rings (SSSR count). The van der Waals surface area contributed by atoms with E-state index >= 15 is 0 Å². The lowest BCUT2D eigenvalue weighted by molar-refractivity contribution is 0.0603. The molecule has 0 fully saturated rings. The fourth-order valence-electron chi connectivity index (χ4n) is 1.54. The zero-order chi connectivity index (χ0) is 14.3. The van der Waals surface area contributed by atoms with Crippen LogP contribution in [0.5, 0.6) is 0 Å². The van der Waals surface area contributed by atoms with Gasteiger partial charge in [-0.25, -0.2) is 13.1 Å². The van der Waals surface area contributed by atoms with Crippen LogP contribution in [0.4, 0.5) is 5.69 Å². The monoisotopic (exact) mass is 288 g/mol. The summed E-state index contributed by atoms with van der Waals surface area (Å²) in [4.78, 5) is 0. The molecule has 0 radical (unpaired) electrons. The third-order valence-corrected chi connectivity index (χ3v) is 3.85. The SMILES string of the molecule is COCC(O)CCNS(=O)(=O)Cc1ccc(N)cc1. The maximum atomic E-state index is 11.8. The number of nitrogens with one attached hydrogen (secondary N) is 1. The number of benzene rings is 1. The molecule has 0 amide bonds. The summed E-state index contributed by atoms with van der Waals surface area (Å²) in [6.45, 7) is 0.377. The van der Waals surface area contributed by atoms with E-state index in [1.807, 2.05) is 0 Å². The second-order valence-corrected chi connectivity index (χ2v) is 6.10. The van der Waals surface area contributed by atoms with E-state index in [1.54, 1.807) is 24.3 Å². The van der Waals surface area contributed by atoms with E-state index in [4.69, 9.17) is 10.5 Å². The third kappa shape index (κ3) is 6.53. The minimum Gasteiger partial charge on any atom is -0.399 e. The highest BCUT2D eigenvalue weighted by Crippen LogP contribution is 2.08. The van der Waals surface area contributed by atoms with Crippen molar-refractivity contribution >= 4 is 15.7 Å². The standard InChI is InChI=1S/C12H20N2O4S/c1-18-8-12(15)6-7-14-19(16,17)9-10-2-4-11(13)5-3-10/h2-5,12,14-15H,6-9,13H2,1H3. The molecule has 0 aliphatic heterocycles. The second kappa shape index (κ2) is 7.44. The molecule has 0 heterocycles. The van der Waals surface area contributed by atoms with E-state index in [1.165, 1.54) is 7.11 Å². The summed E-state index contributed by atoms with van der Waals surface area (Å²) < 4.78 is 30.7. The average Bonchev–Trinajstić information content (AvgIpc) is 2.32. The number of hydrogen-bond donors (Lipinski definition) is 3. The molecule has 0 saturated heterocycles. The Hall–Kier alpha value is -1.15. The van der Waals surface area contributed by atoms with Gasteiger partial charge in [0.1, 0.15) is 0 Å². The predicted octanol–water partition coefficient (Wildman–Crippen LogP) is 0.0856. The maximum absolute atomic E-state index is 11.8. The summed E-state index contributed by atoms with van der Waals surface area (Å²) >= 11 is 0. The van der Waals surface area contributed by atoms with E-state index in [9.17, 15) is 13.5 Å². The van der Waals surface area contributed by atoms with Crippen LogP contribution in [0.15, 0.2) is 24.3 Å². The van der Waals surface area contributed by atoms with Gasteiger partial charge < -0.3 is 15.6 Å². The second-order valence-electron chi connectivity index (χ2n) is 4.29. The molecule has 4 N–H and O–H groups in total. The zero-order valence-corrected chi connectivity index (χ0v) is 11.7. The van der Waals surface area contributed by atoms with E-state index in [-0.39, 0.29) is 18.9 Å². The van der Waals surface area contributed by atoms with E-state index in [0.717, 1.165) is 0 Å². The van der Waals surface area contributed by atoms with E-state index in [2.05, 4.69) is 4.72 Å². The first-order valence-corrected chi connectivity index (χ1v) is 7.57. The Kier molecular flexibility index (Phi) is 6.23. The minimum absolute atomic E-state index is 0.104. The number of anilines is 1. The highest BCUT2D eigenvalue weighted by atomic mass is 32.2. The quantitative estimate of drug-likeness (QED) is 0.588. The van der Waals surface area contributed by atoms with Crippen molar-refractivity contribution in [1.29, 1.82) is 0 Å². The van der Waals surface area contributed by atoms with Crippen LogP contribution in [0.25, 0.3) is 0 Å². The minimum atomic E-state index is -3.40. The van der Waals surface area contributed by atoms with Crippen LogP contribution in [0.3, 0.4) is 0 Å². The molecule has 0 aliphatic carbocycles. The summed E-state index contributed by atoms with van der Waals surface area (Å²) in [5, 5.41) is 9.39. The Balaban J connectivity index is 2.42. The van der Waals surface area contributed by atoms with Crippen molar-refractivity contribution in [3.05, 3.63) is 29.8 Å². The molecule has 0 saturated carbocycles. The van der Waals surface area contributed by atoms with E-state index in [0.29, 0.717) is 17.7 Å². The molecule has 0 aliphatic rings. The molecule has 0 spiro atoms. The Morgan fingerprint density at radius 1 is 1.37 bits per heavy atom. The number of aliphatic hydroxyl groups excluding tert-OH is 1. The van der Waals surface area contributed by atoms with Crippen molar-refractivity contribution in [2.45, 2.75) is 18.3 Å². The van der Waals surface area contributed by atoms with Gasteiger partial charge in [0.2, 0.25) is 10.0 Å². The number of aliphatic hydroxyl groups is 1. The number of rotatable bonds is 8. The summed E-state index contributed by atoms with van der Waals surface area (Å²) in [5.74, 6) is -0.104. The predicted molar refractivity (Wildman–Crippen MR) is 74.0 cm³/mol. The van der Waals surface area contributed by atoms with Crippen LogP contribution in [-0.4, -0.2) is 39.9 Å². The molecule has 1 atom stereocenters. The van der Waals surface area contributed by atoms with Crippen molar-refractivity contribution in [2.24, 2.45) is 0 Å². The summed E-state index contributed by atoms with van der Waals surface area (Å²) in [6.07, 6.45) is -0.348. The fourth-order valence-corrected chi connectivity index (χ4v) is 2.70. The Morgan fingerprint density at radius 2 is 2.00 bits per heavy atom. The van der Waals surface area contributed by atoms with Crippen LogP contribution in [0.1, 0.15) is 12.0 Å². The molecular formula is C12H20N2O4S. The molecule has 0 aromatic heterocycles. The molecule has 0 bridgehead atoms. The van der Waals surface area contributed by atoms with Gasteiger partial charge in [-0.15, -0.1) is 0 Å². The van der Waals surface area contributed by atoms with Gasteiger partial charge >= 0.3 is 0 Å². The molecule has 7 heteroatoms. The van der Waals surface area contributed by atoms with Gasteiger partial charge in [0.15, 0.2) is 0 Å². The number of sulfonamides is 1. The summed E-state index contributed by atoms with van der Waals surface area (Å²) in [6, 6.07) is 6.67. The third-order valence-electron chi connectivity index (χ3n) is 2.49. The van der Waals surface area contributed by atoms with Gasteiger partial charge in [-0.2, -0.15) is 0 Å². The highest BCUT2D eigenvalue weighted by Gasteiger charge is 2.12. The summed E-state index contributed by atoms with van der Waals surface area (Å²) in [7, 11) is -1.92. The van der Waals surface area contributed by atoms with Crippen molar-refractivity contribution in [3.63, 3.8) is 0 Å². The van der Waals surface area contributed by atoms with E-state index < -0.39 is 16.1 Å². The average molecular weight is 288 g/mol. The van der Waals surface area contributed by atoms with Gasteiger partial charge in [0.25, 0.3) is 0 Å². The number of ether oxygens (including phenoxy) is 1. The van der Waals surface area contributed by atoms with Crippen LogP contribution in [-0.2, 0) is 20.5 Å². The highest BCUT2D eigenvalue weighted by molar-refractivity contribution is 7.88. The normalized spacial score (nSPS) is 13.4. The number of nitrogens with two attached hydrogens (primary N) is 1. The molecule has 108 valence electrons. The Bertz CT molecular complexity index is 473. The number of methoxy groups -OCH3 is 1. The lowest BCUT2D eigenvalue weighted by atomic mass is 10.2. The molecule has 19 heavy (non-hydrogen) atoms. The lowest BCUT2D eigenvalue weighted by Crippen LogP contribution is -2.29. The molecule has 1 aromatic rings. The smallest absolute Gasteiger partial charge is 0.215 e. The van der Waals surface area contributed by atoms with Crippen LogP contribution >= 0.6 is 0 Å².